The highest BCUT2D eigenvalue weighted by Gasteiger charge is 2.33. The van der Waals surface area contributed by atoms with Crippen LogP contribution in [0, 0.1) is 17.8 Å². The molecule has 2 aliphatic rings. The van der Waals surface area contributed by atoms with Crippen LogP contribution in [0.3, 0.4) is 0 Å². The van der Waals surface area contributed by atoms with Gasteiger partial charge in [-0.2, -0.15) is 0 Å². The van der Waals surface area contributed by atoms with E-state index in [0.717, 1.165) is 32.2 Å². The molecular formula is C19H25NO3. The van der Waals surface area contributed by atoms with Crippen molar-refractivity contribution in [3.05, 3.63) is 35.9 Å². The van der Waals surface area contributed by atoms with Crippen LogP contribution in [0.5, 0.6) is 0 Å². The maximum atomic E-state index is 12.3. The summed E-state index contributed by atoms with van der Waals surface area (Å²) in [5.41, 5.74) is 1.40. The molecule has 0 spiro atoms. The summed E-state index contributed by atoms with van der Waals surface area (Å²) in [4.78, 5) is 23.3. The monoisotopic (exact) mass is 315 g/mol. The van der Waals surface area contributed by atoms with E-state index in [2.05, 4.69) is 29.6 Å². The second-order valence-corrected chi connectivity index (χ2v) is 7.09. The third-order valence-electron chi connectivity index (χ3n) is 5.47. The number of nitrogens with one attached hydrogen (secondary N) is 1. The van der Waals surface area contributed by atoms with Gasteiger partial charge in [0.05, 0.1) is 5.92 Å². The largest absolute Gasteiger partial charge is 0.481 e. The Morgan fingerprint density at radius 3 is 2.43 bits per heavy atom. The number of amides is 1. The molecule has 2 saturated carbocycles. The molecule has 2 fully saturated rings. The van der Waals surface area contributed by atoms with Gasteiger partial charge >= 0.3 is 5.97 Å². The lowest BCUT2D eigenvalue weighted by molar-refractivity contribution is -0.144. The Balaban J connectivity index is 1.40. The van der Waals surface area contributed by atoms with Crippen LogP contribution < -0.4 is 5.32 Å². The second-order valence-electron chi connectivity index (χ2n) is 7.09. The minimum Gasteiger partial charge on any atom is -0.481 e. The van der Waals surface area contributed by atoms with Crippen molar-refractivity contribution in [1.29, 1.82) is 0 Å². The highest BCUT2D eigenvalue weighted by molar-refractivity contribution is 5.80. The molecule has 0 aromatic heterocycles. The Morgan fingerprint density at radius 1 is 1.04 bits per heavy atom. The van der Waals surface area contributed by atoms with Crippen LogP contribution in [-0.4, -0.2) is 23.5 Å². The molecule has 1 aromatic rings. The standard InChI is InChI=1S/C19H25NO3/c21-18(15-7-4-8-16(11-15)19(22)23)20-12-13-9-17(10-13)14-5-2-1-3-6-14/h1-3,5-6,13,15-17H,4,7-12H2,(H,20,21)(H,22,23). The lowest BCUT2D eigenvalue weighted by Crippen LogP contribution is -2.40. The fourth-order valence-corrected chi connectivity index (χ4v) is 3.94. The normalized spacial score (nSPS) is 30.3. The highest BCUT2D eigenvalue weighted by Crippen LogP contribution is 2.41. The molecule has 4 heteroatoms. The lowest BCUT2D eigenvalue weighted by Gasteiger charge is -2.36. The van der Waals surface area contributed by atoms with Gasteiger partial charge in [0.15, 0.2) is 0 Å². The number of carboxylic acid groups (broad SMARTS) is 1. The summed E-state index contributed by atoms with van der Waals surface area (Å²) in [5.74, 6) is 0.0269. The maximum Gasteiger partial charge on any atom is 0.306 e. The topological polar surface area (TPSA) is 66.4 Å². The third-order valence-corrected chi connectivity index (χ3v) is 5.47. The molecule has 2 aliphatic carbocycles. The van der Waals surface area contributed by atoms with Crippen molar-refractivity contribution in [2.45, 2.75) is 44.4 Å². The first-order chi connectivity index (χ1) is 11.1. The van der Waals surface area contributed by atoms with Gasteiger partial charge in [-0.05, 0) is 49.5 Å². The average molecular weight is 315 g/mol. The van der Waals surface area contributed by atoms with Crippen molar-refractivity contribution < 1.29 is 14.7 Å². The van der Waals surface area contributed by atoms with Gasteiger partial charge in [-0.3, -0.25) is 9.59 Å². The van der Waals surface area contributed by atoms with E-state index in [1.54, 1.807) is 0 Å². The molecular weight excluding hydrogens is 290 g/mol. The number of hydrogen-bond donors (Lipinski definition) is 2. The first-order valence-electron chi connectivity index (χ1n) is 8.69. The zero-order valence-corrected chi connectivity index (χ0v) is 13.4. The van der Waals surface area contributed by atoms with Crippen LogP contribution >= 0.6 is 0 Å². The Bertz CT molecular complexity index is 551. The van der Waals surface area contributed by atoms with Crippen LogP contribution in [0.25, 0.3) is 0 Å². The Labute approximate surface area is 137 Å². The fraction of sp³-hybridized carbons (Fsp3) is 0.579. The van der Waals surface area contributed by atoms with Crippen molar-refractivity contribution in [3.63, 3.8) is 0 Å². The lowest BCUT2D eigenvalue weighted by atomic mass is 9.71. The average Bonchev–Trinajstić information content (AvgIpc) is 2.54. The summed E-state index contributed by atoms with van der Waals surface area (Å²) < 4.78 is 0. The minimum atomic E-state index is -0.757. The summed E-state index contributed by atoms with van der Waals surface area (Å²) in [6.45, 7) is 0.733. The van der Waals surface area contributed by atoms with Gasteiger partial charge in [-0.25, -0.2) is 0 Å². The number of carbonyl (C=O) groups excluding carboxylic acids is 1. The van der Waals surface area contributed by atoms with Crippen molar-refractivity contribution in [1.82, 2.24) is 5.32 Å². The predicted octanol–water partition coefficient (Wildman–Crippen LogP) is 3.19. The Morgan fingerprint density at radius 2 is 1.74 bits per heavy atom. The minimum absolute atomic E-state index is 0.0547. The van der Waals surface area contributed by atoms with E-state index < -0.39 is 5.97 Å². The van der Waals surface area contributed by atoms with Crippen molar-refractivity contribution >= 4 is 11.9 Å². The van der Waals surface area contributed by atoms with E-state index in [1.807, 2.05) is 6.07 Å². The SMILES string of the molecule is O=C(O)C1CCCC(C(=O)NCC2CC(c3ccccc3)C2)C1. The fourth-order valence-electron chi connectivity index (χ4n) is 3.94. The van der Waals surface area contributed by atoms with Gasteiger partial charge in [-0.15, -0.1) is 0 Å². The van der Waals surface area contributed by atoms with Crippen molar-refractivity contribution in [3.8, 4) is 0 Å². The Hall–Kier alpha value is -1.84. The van der Waals surface area contributed by atoms with Gasteiger partial charge in [-0.1, -0.05) is 36.8 Å². The molecule has 2 atom stereocenters. The molecule has 2 N–H and O–H groups in total. The number of carbonyl (C=O) groups is 2. The molecule has 4 nitrogen and oxygen atoms in total. The zero-order valence-electron chi connectivity index (χ0n) is 13.4. The van der Waals surface area contributed by atoms with E-state index in [-0.39, 0.29) is 17.7 Å². The van der Waals surface area contributed by atoms with E-state index in [9.17, 15) is 9.59 Å². The summed E-state index contributed by atoms with van der Waals surface area (Å²) in [6, 6.07) is 10.5. The molecule has 1 amide bonds. The molecule has 3 rings (SSSR count). The molecule has 23 heavy (non-hydrogen) atoms. The molecule has 0 aliphatic heterocycles. The first-order valence-corrected chi connectivity index (χ1v) is 8.69. The van der Waals surface area contributed by atoms with E-state index in [4.69, 9.17) is 5.11 Å². The number of carboxylic acids is 1. The number of rotatable bonds is 5. The smallest absolute Gasteiger partial charge is 0.306 e. The number of benzene rings is 1. The van der Waals surface area contributed by atoms with E-state index in [0.29, 0.717) is 24.7 Å². The summed E-state index contributed by atoms with van der Waals surface area (Å²) in [7, 11) is 0. The van der Waals surface area contributed by atoms with Crippen LogP contribution in [0.1, 0.15) is 50.0 Å². The van der Waals surface area contributed by atoms with E-state index in [1.165, 1.54) is 5.56 Å². The van der Waals surface area contributed by atoms with Crippen LogP contribution in [0.4, 0.5) is 0 Å². The molecule has 0 radical (unpaired) electrons. The first kappa shape index (κ1) is 16.0. The molecule has 124 valence electrons. The van der Waals surface area contributed by atoms with Crippen LogP contribution in [0.2, 0.25) is 0 Å². The third kappa shape index (κ3) is 3.92. The predicted molar refractivity (Wildman–Crippen MR) is 88.0 cm³/mol. The molecule has 1 aromatic carbocycles. The Kier molecular flexibility index (Phi) is 4.99. The maximum absolute atomic E-state index is 12.3. The van der Waals surface area contributed by atoms with Crippen LogP contribution in [-0.2, 0) is 9.59 Å². The number of aliphatic carboxylic acids is 1. The zero-order chi connectivity index (χ0) is 16.2. The quantitative estimate of drug-likeness (QED) is 0.877. The van der Waals surface area contributed by atoms with Crippen LogP contribution in [0.15, 0.2) is 30.3 Å². The van der Waals surface area contributed by atoms with Gasteiger partial charge in [0.2, 0.25) is 5.91 Å². The van der Waals surface area contributed by atoms with E-state index >= 15 is 0 Å². The molecule has 2 unspecified atom stereocenters. The number of hydrogen-bond acceptors (Lipinski definition) is 2. The van der Waals surface area contributed by atoms with Gasteiger partial charge in [0, 0.05) is 12.5 Å². The summed E-state index contributed by atoms with van der Waals surface area (Å²) in [6.07, 6.45) is 5.14. The molecule has 0 heterocycles. The summed E-state index contributed by atoms with van der Waals surface area (Å²) >= 11 is 0. The van der Waals surface area contributed by atoms with Crippen molar-refractivity contribution in [2.75, 3.05) is 6.54 Å². The second kappa shape index (κ2) is 7.16. The summed E-state index contributed by atoms with van der Waals surface area (Å²) in [5, 5.41) is 12.2. The molecule has 0 saturated heterocycles. The highest BCUT2D eigenvalue weighted by atomic mass is 16.4. The van der Waals surface area contributed by atoms with Gasteiger partial charge in [0.25, 0.3) is 0 Å². The van der Waals surface area contributed by atoms with Gasteiger partial charge in [0.1, 0.15) is 0 Å². The molecule has 0 bridgehead atoms. The van der Waals surface area contributed by atoms with Crippen molar-refractivity contribution in [2.24, 2.45) is 17.8 Å². The van der Waals surface area contributed by atoms with Gasteiger partial charge < -0.3 is 10.4 Å².